The van der Waals surface area contributed by atoms with Crippen molar-refractivity contribution in [1.29, 1.82) is 0 Å². The maximum absolute atomic E-state index is 6.22. The van der Waals surface area contributed by atoms with Crippen LogP contribution in [0.5, 0.6) is 0 Å². The Morgan fingerprint density at radius 3 is 2.40 bits per heavy atom. The van der Waals surface area contributed by atoms with Crippen LogP contribution in [0.4, 0.5) is 0 Å². The van der Waals surface area contributed by atoms with Gasteiger partial charge in [0.2, 0.25) is 0 Å². The lowest BCUT2D eigenvalue weighted by atomic mass is 10.1. The summed E-state index contributed by atoms with van der Waals surface area (Å²) < 4.78 is 0. The molecule has 0 saturated carbocycles. The molecule has 0 spiro atoms. The highest BCUT2D eigenvalue weighted by molar-refractivity contribution is 6.31. The number of halogens is 1. The van der Waals surface area contributed by atoms with E-state index < -0.39 is 0 Å². The zero-order valence-electron chi connectivity index (χ0n) is 10.8. The molecule has 0 atom stereocenters. The van der Waals surface area contributed by atoms with Crippen molar-refractivity contribution in [2.24, 2.45) is 0 Å². The van der Waals surface area contributed by atoms with Gasteiger partial charge in [0.25, 0.3) is 0 Å². The molecule has 4 nitrogen and oxygen atoms in total. The molecule has 2 heterocycles. The van der Waals surface area contributed by atoms with E-state index in [1.54, 1.807) is 12.4 Å². The molecule has 0 bridgehead atoms. The van der Waals surface area contributed by atoms with Gasteiger partial charge < -0.3 is 0 Å². The van der Waals surface area contributed by atoms with E-state index >= 15 is 0 Å². The Bertz CT molecular complexity index is 727. The van der Waals surface area contributed by atoms with Crippen LogP contribution in [-0.2, 0) is 0 Å². The predicted octanol–water partition coefficient (Wildman–Crippen LogP) is 3.56. The molecule has 3 rings (SSSR count). The average molecular weight is 283 g/mol. The Balaban J connectivity index is 2.02. The first-order valence-corrected chi connectivity index (χ1v) is 6.49. The van der Waals surface area contributed by atoms with Gasteiger partial charge in [0.05, 0.1) is 0 Å². The number of hydrogen-bond donors (Lipinski definition) is 0. The van der Waals surface area contributed by atoms with Crippen LogP contribution >= 0.6 is 11.6 Å². The first-order chi connectivity index (χ1) is 9.74. The Hall–Kier alpha value is -2.33. The predicted molar refractivity (Wildman–Crippen MR) is 78.2 cm³/mol. The Kier molecular flexibility index (Phi) is 3.39. The standard InChI is InChI=1S/C15H11ClN4/c1-10-4-6-11(7-5-10)13-14(16)18-15(20-19-13)12-3-2-8-17-9-12/h2-9H,1H3. The SMILES string of the molecule is Cc1ccc(-c2nnc(-c3cccnc3)nc2Cl)cc1. The molecule has 2 aromatic heterocycles. The van der Waals surface area contributed by atoms with Crippen LogP contribution in [0.25, 0.3) is 22.6 Å². The van der Waals surface area contributed by atoms with Crippen molar-refractivity contribution in [2.75, 3.05) is 0 Å². The monoisotopic (exact) mass is 282 g/mol. The van der Waals surface area contributed by atoms with Gasteiger partial charge in [0.1, 0.15) is 5.69 Å². The smallest absolute Gasteiger partial charge is 0.184 e. The van der Waals surface area contributed by atoms with E-state index in [1.807, 2.05) is 43.3 Å². The number of nitrogens with zero attached hydrogens (tertiary/aromatic N) is 4. The molecular formula is C15H11ClN4. The van der Waals surface area contributed by atoms with E-state index in [-0.39, 0.29) is 0 Å². The van der Waals surface area contributed by atoms with Crippen LogP contribution in [0, 0.1) is 6.92 Å². The minimum Gasteiger partial charge on any atom is -0.264 e. The van der Waals surface area contributed by atoms with Gasteiger partial charge in [0, 0.05) is 23.5 Å². The normalized spacial score (nSPS) is 10.5. The summed E-state index contributed by atoms with van der Waals surface area (Å²) >= 11 is 6.22. The minimum atomic E-state index is 0.336. The first-order valence-electron chi connectivity index (χ1n) is 6.12. The van der Waals surface area contributed by atoms with Crippen molar-refractivity contribution in [3.8, 4) is 22.6 Å². The molecule has 0 amide bonds. The van der Waals surface area contributed by atoms with Crippen molar-refractivity contribution >= 4 is 11.6 Å². The lowest BCUT2D eigenvalue weighted by Crippen LogP contribution is -1.97. The highest BCUT2D eigenvalue weighted by Gasteiger charge is 2.10. The molecule has 0 saturated heterocycles. The maximum atomic E-state index is 6.22. The highest BCUT2D eigenvalue weighted by Crippen LogP contribution is 2.25. The first kappa shape index (κ1) is 12.7. The van der Waals surface area contributed by atoms with Crippen LogP contribution < -0.4 is 0 Å². The van der Waals surface area contributed by atoms with E-state index in [4.69, 9.17) is 11.6 Å². The number of rotatable bonds is 2. The number of hydrogen-bond acceptors (Lipinski definition) is 4. The molecule has 1 aromatic carbocycles. The second-order valence-corrected chi connectivity index (χ2v) is 4.74. The minimum absolute atomic E-state index is 0.336. The molecule has 98 valence electrons. The van der Waals surface area contributed by atoms with Gasteiger partial charge in [-0.1, -0.05) is 41.4 Å². The van der Waals surface area contributed by atoms with E-state index in [2.05, 4.69) is 20.2 Å². The zero-order chi connectivity index (χ0) is 13.9. The van der Waals surface area contributed by atoms with E-state index in [0.717, 1.165) is 11.1 Å². The van der Waals surface area contributed by atoms with Crippen LogP contribution in [-0.4, -0.2) is 20.2 Å². The quantitative estimate of drug-likeness (QED) is 0.721. The molecule has 0 radical (unpaired) electrons. The van der Waals surface area contributed by atoms with Crippen molar-refractivity contribution in [2.45, 2.75) is 6.92 Å². The average Bonchev–Trinajstić information content (AvgIpc) is 2.49. The molecule has 0 aliphatic heterocycles. The number of benzene rings is 1. The van der Waals surface area contributed by atoms with Gasteiger partial charge >= 0.3 is 0 Å². The zero-order valence-corrected chi connectivity index (χ0v) is 11.5. The fraction of sp³-hybridized carbons (Fsp3) is 0.0667. The molecule has 20 heavy (non-hydrogen) atoms. The molecule has 0 fully saturated rings. The Morgan fingerprint density at radius 2 is 1.75 bits per heavy atom. The molecule has 0 aliphatic carbocycles. The van der Waals surface area contributed by atoms with Crippen molar-refractivity contribution in [3.05, 3.63) is 59.5 Å². The Labute approximate surface area is 121 Å². The second-order valence-electron chi connectivity index (χ2n) is 4.38. The molecule has 0 aliphatic rings. The highest BCUT2D eigenvalue weighted by atomic mass is 35.5. The van der Waals surface area contributed by atoms with Crippen LogP contribution in [0.2, 0.25) is 5.15 Å². The largest absolute Gasteiger partial charge is 0.264 e. The number of pyridine rings is 1. The van der Waals surface area contributed by atoms with Crippen molar-refractivity contribution < 1.29 is 0 Å². The van der Waals surface area contributed by atoms with E-state index in [9.17, 15) is 0 Å². The van der Waals surface area contributed by atoms with Crippen molar-refractivity contribution in [3.63, 3.8) is 0 Å². The lowest BCUT2D eigenvalue weighted by Gasteiger charge is -2.04. The molecule has 3 aromatic rings. The summed E-state index contributed by atoms with van der Waals surface area (Å²) in [5.74, 6) is 0.471. The van der Waals surface area contributed by atoms with Gasteiger partial charge in [-0.15, -0.1) is 10.2 Å². The summed E-state index contributed by atoms with van der Waals surface area (Å²) in [4.78, 5) is 8.32. The van der Waals surface area contributed by atoms with Gasteiger partial charge in [-0.05, 0) is 19.1 Å². The third kappa shape index (κ3) is 2.51. The van der Waals surface area contributed by atoms with Gasteiger partial charge in [-0.2, -0.15) is 0 Å². The Morgan fingerprint density at radius 1 is 0.950 bits per heavy atom. The summed E-state index contributed by atoms with van der Waals surface area (Å²) in [5, 5.41) is 8.64. The topological polar surface area (TPSA) is 51.6 Å². The molecule has 0 unspecified atom stereocenters. The number of aryl methyl sites for hydroxylation is 1. The van der Waals surface area contributed by atoms with Gasteiger partial charge in [-0.3, -0.25) is 4.98 Å². The summed E-state index contributed by atoms with van der Waals surface area (Å²) in [6.45, 7) is 2.03. The third-order valence-corrected chi connectivity index (χ3v) is 3.15. The van der Waals surface area contributed by atoms with Gasteiger partial charge in [-0.25, -0.2) is 4.98 Å². The molecule has 5 heteroatoms. The molecular weight excluding hydrogens is 272 g/mol. The van der Waals surface area contributed by atoms with E-state index in [0.29, 0.717) is 16.7 Å². The van der Waals surface area contributed by atoms with Crippen molar-refractivity contribution in [1.82, 2.24) is 20.2 Å². The summed E-state index contributed by atoms with van der Waals surface area (Å²) in [6, 6.07) is 11.6. The lowest BCUT2D eigenvalue weighted by molar-refractivity contribution is 0.985. The van der Waals surface area contributed by atoms with E-state index in [1.165, 1.54) is 5.56 Å². The number of aromatic nitrogens is 4. The third-order valence-electron chi connectivity index (χ3n) is 2.89. The fourth-order valence-electron chi connectivity index (χ4n) is 1.81. The summed E-state index contributed by atoms with van der Waals surface area (Å²) in [7, 11) is 0. The second kappa shape index (κ2) is 5.35. The summed E-state index contributed by atoms with van der Waals surface area (Å²) in [5.41, 5.74) is 3.45. The maximum Gasteiger partial charge on any atom is 0.184 e. The van der Waals surface area contributed by atoms with Gasteiger partial charge in [0.15, 0.2) is 11.0 Å². The summed E-state index contributed by atoms with van der Waals surface area (Å²) in [6.07, 6.45) is 3.37. The van der Waals surface area contributed by atoms with Crippen LogP contribution in [0.1, 0.15) is 5.56 Å². The molecule has 0 N–H and O–H groups in total. The van der Waals surface area contributed by atoms with Crippen LogP contribution in [0.3, 0.4) is 0 Å². The fourth-order valence-corrected chi connectivity index (χ4v) is 2.04. The van der Waals surface area contributed by atoms with Crippen LogP contribution in [0.15, 0.2) is 48.8 Å².